The zero-order chi connectivity index (χ0) is 21.4. The number of nitrogens with one attached hydrogen (secondary N) is 1. The van der Waals surface area contributed by atoms with E-state index in [1.165, 1.54) is 0 Å². The Morgan fingerprint density at radius 2 is 1.83 bits per heavy atom. The van der Waals surface area contributed by atoms with Gasteiger partial charge in [-0.2, -0.15) is 0 Å². The number of alkyl halides is 1. The van der Waals surface area contributed by atoms with Gasteiger partial charge in [-0.15, -0.1) is 0 Å². The first kappa shape index (κ1) is 21.0. The summed E-state index contributed by atoms with van der Waals surface area (Å²) in [4.78, 5) is 14.5. The summed E-state index contributed by atoms with van der Waals surface area (Å²) in [6.07, 6.45) is 3.29. The molecule has 2 fully saturated rings. The number of hydrogen-bond donors (Lipinski definition) is 1. The second-order valence-electron chi connectivity index (χ2n) is 8.44. The van der Waals surface area contributed by atoms with E-state index < -0.39 is 33.7 Å². The summed E-state index contributed by atoms with van der Waals surface area (Å²) in [6, 6.07) is 17.2. The number of benzene rings is 2. The van der Waals surface area contributed by atoms with Crippen molar-refractivity contribution in [3.63, 3.8) is 0 Å². The molecule has 2 aromatic carbocycles. The summed E-state index contributed by atoms with van der Waals surface area (Å²) >= 11 is 0. The van der Waals surface area contributed by atoms with E-state index in [2.05, 4.69) is 10.8 Å². The normalized spacial score (nSPS) is 23.2. The van der Waals surface area contributed by atoms with Gasteiger partial charge >= 0.3 is 0 Å². The molecule has 160 valence electrons. The Labute approximate surface area is 177 Å². The van der Waals surface area contributed by atoms with Crippen molar-refractivity contribution in [1.29, 1.82) is 0 Å². The quantitative estimate of drug-likeness (QED) is 0.765. The molecule has 2 atom stereocenters. The van der Waals surface area contributed by atoms with E-state index in [0.717, 1.165) is 22.9 Å². The predicted octanol–water partition coefficient (Wildman–Crippen LogP) is 3.31. The SMILES string of the molecule is CS(=O)(=O)N[C@H]1CCN(C(=O)C2(F)CCC2)[C@H]1Cc1cccc(-c2ccccc2)c1. The number of carbonyl (C=O) groups excluding carboxylic acids is 1. The van der Waals surface area contributed by atoms with Gasteiger partial charge in [0, 0.05) is 12.6 Å². The maximum atomic E-state index is 14.9. The molecule has 1 saturated heterocycles. The molecule has 2 aliphatic rings. The molecule has 1 aliphatic carbocycles. The van der Waals surface area contributed by atoms with Crippen LogP contribution in [0.5, 0.6) is 0 Å². The molecule has 1 N–H and O–H groups in total. The van der Waals surface area contributed by atoms with Crippen LogP contribution < -0.4 is 4.72 Å². The highest BCUT2D eigenvalue weighted by Crippen LogP contribution is 2.39. The third-order valence-electron chi connectivity index (χ3n) is 6.18. The number of likely N-dealkylation sites (tertiary alicyclic amines) is 1. The van der Waals surface area contributed by atoms with E-state index in [-0.39, 0.29) is 12.8 Å². The number of halogens is 1. The molecule has 5 nitrogen and oxygen atoms in total. The predicted molar refractivity (Wildman–Crippen MR) is 115 cm³/mol. The fourth-order valence-corrected chi connectivity index (χ4v) is 5.30. The molecule has 7 heteroatoms. The van der Waals surface area contributed by atoms with E-state index in [1.54, 1.807) is 4.90 Å². The van der Waals surface area contributed by atoms with Gasteiger partial charge in [0.25, 0.3) is 5.91 Å². The molecule has 0 aromatic heterocycles. The minimum atomic E-state index is -3.44. The number of carbonyl (C=O) groups is 1. The van der Waals surface area contributed by atoms with Crippen LogP contribution in [0.15, 0.2) is 54.6 Å². The molecule has 0 radical (unpaired) electrons. The Kier molecular flexibility index (Phi) is 5.68. The zero-order valence-electron chi connectivity index (χ0n) is 17.1. The van der Waals surface area contributed by atoms with Gasteiger partial charge in [0.05, 0.1) is 12.3 Å². The molecule has 30 heavy (non-hydrogen) atoms. The fraction of sp³-hybridized carbons (Fsp3) is 0.435. The average Bonchev–Trinajstić information content (AvgIpc) is 3.07. The van der Waals surface area contributed by atoms with Crippen molar-refractivity contribution in [3.05, 3.63) is 60.2 Å². The van der Waals surface area contributed by atoms with Crippen LogP contribution in [0, 0.1) is 0 Å². The third kappa shape index (κ3) is 4.42. The smallest absolute Gasteiger partial charge is 0.260 e. The first-order chi connectivity index (χ1) is 14.3. The molecule has 1 amide bonds. The summed E-state index contributed by atoms with van der Waals surface area (Å²) in [7, 11) is -3.44. The molecule has 0 spiro atoms. The van der Waals surface area contributed by atoms with Gasteiger partial charge in [0.15, 0.2) is 5.67 Å². The van der Waals surface area contributed by atoms with Crippen LogP contribution in [0.25, 0.3) is 11.1 Å². The van der Waals surface area contributed by atoms with Crippen molar-refractivity contribution in [2.24, 2.45) is 0 Å². The standard InChI is InChI=1S/C23H27FN2O3S/c1-30(28,29)25-20-11-14-26(22(27)23(24)12-6-13-23)21(20)16-17-7-5-10-19(15-17)18-8-3-2-4-9-18/h2-5,7-10,15,20-21,25H,6,11-14,16H2,1H3/t20-,21-/m0/s1. The highest BCUT2D eigenvalue weighted by atomic mass is 32.2. The van der Waals surface area contributed by atoms with Crippen LogP contribution in [-0.4, -0.2) is 49.8 Å². The first-order valence-electron chi connectivity index (χ1n) is 10.4. The van der Waals surface area contributed by atoms with Crippen molar-refractivity contribution in [2.75, 3.05) is 12.8 Å². The van der Waals surface area contributed by atoms with Crippen LogP contribution >= 0.6 is 0 Å². The lowest BCUT2D eigenvalue weighted by molar-refractivity contribution is -0.151. The van der Waals surface area contributed by atoms with Gasteiger partial charge in [0.2, 0.25) is 10.0 Å². The van der Waals surface area contributed by atoms with Crippen LogP contribution in [0.4, 0.5) is 4.39 Å². The summed E-state index contributed by atoms with van der Waals surface area (Å²) in [5.74, 6) is -0.490. The Bertz CT molecular complexity index is 1020. The summed E-state index contributed by atoms with van der Waals surface area (Å²) in [5.41, 5.74) is 1.34. The van der Waals surface area contributed by atoms with Crippen LogP contribution in [0.2, 0.25) is 0 Å². The highest BCUT2D eigenvalue weighted by Gasteiger charge is 2.50. The number of amides is 1. The highest BCUT2D eigenvalue weighted by molar-refractivity contribution is 7.88. The largest absolute Gasteiger partial charge is 0.335 e. The zero-order valence-corrected chi connectivity index (χ0v) is 17.9. The van der Waals surface area contributed by atoms with Crippen LogP contribution in [0.1, 0.15) is 31.2 Å². The molecular formula is C23H27FN2O3S. The molecule has 1 saturated carbocycles. The Morgan fingerprint density at radius 1 is 1.13 bits per heavy atom. The van der Waals surface area contributed by atoms with Crippen molar-refractivity contribution < 1.29 is 17.6 Å². The number of sulfonamides is 1. The van der Waals surface area contributed by atoms with Gasteiger partial charge in [-0.3, -0.25) is 4.79 Å². The first-order valence-corrected chi connectivity index (χ1v) is 12.3. The van der Waals surface area contributed by atoms with Gasteiger partial charge in [-0.05, 0) is 48.8 Å². The molecule has 2 aromatic rings. The van der Waals surface area contributed by atoms with Crippen molar-refractivity contribution in [3.8, 4) is 11.1 Å². The van der Waals surface area contributed by atoms with E-state index >= 15 is 0 Å². The molecular weight excluding hydrogens is 403 g/mol. The van der Waals surface area contributed by atoms with E-state index in [4.69, 9.17) is 0 Å². The van der Waals surface area contributed by atoms with Gasteiger partial charge in [-0.25, -0.2) is 17.5 Å². The minimum absolute atomic E-state index is 0.253. The Balaban J connectivity index is 1.61. The van der Waals surface area contributed by atoms with Crippen molar-refractivity contribution in [2.45, 2.75) is 49.9 Å². The van der Waals surface area contributed by atoms with E-state index in [9.17, 15) is 17.6 Å². The van der Waals surface area contributed by atoms with Crippen molar-refractivity contribution in [1.82, 2.24) is 9.62 Å². The molecule has 0 bridgehead atoms. The van der Waals surface area contributed by atoms with E-state index in [0.29, 0.717) is 25.8 Å². The number of nitrogens with zero attached hydrogens (tertiary/aromatic N) is 1. The van der Waals surface area contributed by atoms with Crippen LogP contribution in [0.3, 0.4) is 0 Å². The lowest BCUT2D eigenvalue weighted by Gasteiger charge is -2.38. The van der Waals surface area contributed by atoms with Gasteiger partial charge in [-0.1, -0.05) is 54.6 Å². The Morgan fingerprint density at radius 3 is 2.47 bits per heavy atom. The number of rotatable bonds is 6. The monoisotopic (exact) mass is 430 g/mol. The molecule has 4 rings (SSSR count). The van der Waals surface area contributed by atoms with Gasteiger partial charge in [0.1, 0.15) is 0 Å². The van der Waals surface area contributed by atoms with Crippen molar-refractivity contribution >= 4 is 15.9 Å². The average molecular weight is 431 g/mol. The van der Waals surface area contributed by atoms with Gasteiger partial charge < -0.3 is 4.90 Å². The topological polar surface area (TPSA) is 66.5 Å². The lowest BCUT2D eigenvalue weighted by atomic mass is 9.80. The van der Waals surface area contributed by atoms with E-state index in [1.807, 2.05) is 48.5 Å². The number of hydrogen-bond acceptors (Lipinski definition) is 3. The molecule has 0 unspecified atom stereocenters. The summed E-state index contributed by atoms with van der Waals surface area (Å²) < 4.78 is 41.3. The van der Waals surface area contributed by atoms with Crippen LogP contribution in [-0.2, 0) is 21.2 Å². The molecule has 1 aliphatic heterocycles. The summed E-state index contributed by atoms with van der Waals surface area (Å²) in [5, 5.41) is 0. The fourth-order valence-electron chi connectivity index (χ4n) is 4.48. The Hall–Kier alpha value is -2.25. The minimum Gasteiger partial charge on any atom is -0.335 e. The second kappa shape index (κ2) is 8.12. The lowest BCUT2D eigenvalue weighted by Crippen LogP contribution is -2.55. The maximum Gasteiger partial charge on any atom is 0.260 e. The summed E-state index contributed by atoms with van der Waals surface area (Å²) in [6.45, 7) is 0.362. The molecule has 1 heterocycles. The maximum absolute atomic E-state index is 14.9. The second-order valence-corrected chi connectivity index (χ2v) is 10.2. The third-order valence-corrected chi connectivity index (χ3v) is 6.91.